The fourth-order valence-corrected chi connectivity index (χ4v) is 7.00. The van der Waals surface area contributed by atoms with Gasteiger partial charge in [-0.15, -0.1) is 0 Å². The Bertz CT molecular complexity index is 1620. The number of sulfonamides is 1. The first-order chi connectivity index (χ1) is 22.5. The molecule has 3 unspecified atom stereocenters. The number of carbonyl (C=O) groups is 2. The second-order valence-corrected chi connectivity index (χ2v) is 16.3. The molecule has 266 valence electrons. The van der Waals surface area contributed by atoms with Crippen LogP contribution in [-0.4, -0.2) is 113 Å². The third-order valence-corrected chi connectivity index (χ3v) is 10.7. The zero-order valence-electron chi connectivity index (χ0n) is 30.5. The maximum atomic E-state index is 13.7. The smallest absolute Gasteiger partial charge is 0.244 e. The molecule has 3 rings (SSSR count). The summed E-state index contributed by atoms with van der Waals surface area (Å²) >= 11 is 0. The summed E-state index contributed by atoms with van der Waals surface area (Å²) in [4.78, 5) is 30.4. The summed E-state index contributed by atoms with van der Waals surface area (Å²) < 4.78 is 32.5. The molecule has 1 aromatic heterocycles. The molecule has 2 amide bonds. The largest absolute Gasteiger partial charge is 0.371 e. The molecule has 48 heavy (non-hydrogen) atoms. The van der Waals surface area contributed by atoms with Gasteiger partial charge in [-0.25, -0.2) is 17.4 Å². The van der Waals surface area contributed by atoms with Gasteiger partial charge >= 0.3 is 0 Å². The SMILES string of the molecule is CCCNC(=O)C(CC)CC(CC(C)C(=O)N(C)CCN(C)c1ccc(S(=O)(=O)N(C)C)c2nonc12)c1ccc(C[N+](C)(C)C)cc1. The van der Waals surface area contributed by atoms with Crippen molar-refractivity contribution in [1.82, 2.24) is 24.8 Å². The van der Waals surface area contributed by atoms with E-state index in [1.807, 2.05) is 32.7 Å². The van der Waals surface area contributed by atoms with E-state index < -0.39 is 10.0 Å². The number of nitrogens with zero attached hydrogens (tertiary/aromatic N) is 6. The van der Waals surface area contributed by atoms with Crippen LogP contribution in [0.25, 0.3) is 11.0 Å². The Kier molecular flexibility index (Phi) is 13.5. The Balaban J connectivity index is 1.74. The summed E-state index contributed by atoms with van der Waals surface area (Å²) in [7, 11) is 9.33. The lowest BCUT2D eigenvalue weighted by Gasteiger charge is -2.29. The molecule has 0 bridgehead atoms. The number of carbonyl (C=O) groups excluding carboxylic acids is 2. The van der Waals surface area contributed by atoms with Crippen molar-refractivity contribution >= 4 is 38.6 Å². The van der Waals surface area contributed by atoms with Crippen LogP contribution >= 0.6 is 0 Å². The van der Waals surface area contributed by atoms with Crippen LogP contribution in [0, 0.1) is 11.8 Å². The van der Waals surface area contributed by atoms with Gasteiger partial charge in [-0.1, -0.05) is 45.0 Å². The Morgan fingerprint density at radius 1 is 0.917 bits per heavy atom. The van der Waals surface area contributed by atoms with Gasteiger partial charge in [-0.2, -0.15) is 0 Å². The average Bonchev–Trinajstić information content (AvgIpc) is 3.52. The Morgan fingerprint density at radius 3 is 2.15 bits per heavy atom. The van der Waals surface area contributed by atoms with E-state index in [-0.39, 0.29) is 40.0 Å². The summed E-state index contributed by atoms with van der Waals surface area (Å²) in [6.45, 7) is 8.54. The van der Waals surface area contributed by atoms with Crippen molar-refractivity contribution in [3.8, 4) is 0 Å². The monoisotopic (exact) mass is 686 g/mol. The summed E-state index contributed by atoms with van der Waals surface area (Å²) in [5, 5.41) is 10.9. The summed E-state index contributed by atoms with van der Waals surface area (Å²) in [6, 6.07) is 11.9. The number of amides is 2. The molecule has 1 heterocycles. The van der Waals surface area contributed by atoms with Gasteiger partial charge in [0.1, 0.15) is 11.4 Å². The van der Waals surface area contributed by atoms with Gasteiger partial charge in [0.05, 0.1) is 26.8 Å². The van der Waals surface area contributed by atoms with Crippen LogP contribution in [-0.2, 0) is 26.2 Å². The number of benzene rings is 2. The molecule has 0 aliphatic rings. The van der Waals surface area contributed by atoms with Gasteiger partial charge in [0.15, 0.2) is 11.0 Å². The third-order valence-electron chi connectivity index (χ3n) is 8.82. The van der Waals surface area contributed by atoms with Crippen molar-refractivity contribution < 1.29 is 27.1 Å². The molecular weight excluding hydrogens is 630 g/mol. The van der Waals surface area contributed by atoms with E-state index in [0.717, 1.165) is 33.7 Å². The molecule has 0 spiro atoms. The van der Waals surface area contributed by atoms with Crippen LogP contribution in [0.1, 0.15) is 63.5 Å². The maximum Gasteiger partial charge on any atom is 0.244 e. The zero-order valence-corrected chi connectivity index (χ0v) is 31.3. The van der Waals surface area contributed by atoms with E-state index >= 15 is 0 Å². The zero-order chi connectivity index (χ0) is 35.8. The standard InChI is InChI=1S/C35H55N7O5S/c1-11-19-36-34(43)27(12-2)23-29(28-15-13-26(14-16-28)24-42(8,9)10)22-25(3)35(44)41(7)21-20-40(6)30-17-18-31(48(45,46)39(4)5)33-32(30)37-47-38-33/h13-18,25,27,29H,11-12,19-24H2,1-10H3/p+1. The van der Waals surface area contributed by atoms with Crippen molar-refractivity contribution in [2.45, 2.75) is 63.8 Å². The van der Waals surface area contributed by atoms with E-state index in [0.29, 0.717) is 43.7 Å². The number of hydrogen-bond donors (Lipinski definition) is 1. The predicted octanol–water partition coefficient (Wildman–Crippen LogP) is 4.33. The summed E-state index contributed by atoms with van der Waals surface area (Å²) in [5.74, 6) is -0.258. The van der Waals surface area contributed by atoms with Crippen molar-refractivity contribution in [2.24, 2.45) is 11.8 Å². The van der Waals surface area contributed by atoms with E-state index in [4.69, 9.17) is 4.63 Å². The number of fused-ring (bicyclic) bond motifs is 1. The maximum absolute atomic E-state index is 13.7. The number of aromatic nitrogens is 2. The fourth-order valence-electron chi connectivity index (χ4n) is 5.98. The summed E-state index contributed by atoms with van der Waals surface area (Å²) in [6.07, 6.45) is 2.91. The lowest BCUT2D eigenvalue weighted by molar-refractivity contribution is -0.884. The van der Waals surface area contributed by atoms with Crippen LogP contribution in [0.2, 0.25) is 0 Å². The number of likely N-dealkylation sites (N-methyl/N-ethyl adjacent to an activating group) is 2. The molecule has 0 aliphatic carbocycles. The van der Waals surface area contributed by atoms with Gasteiger partial charge in [0.25, 0.3) is 0 Å². The number of hydrogen-bond acceptors (Lipinski definition) is 8. The first kappa shape index (κ1) is 38.9. The lowest BCUT2D eigenvalue weighted by atomic mass is 9.81. The highest BCUT2D eigenvalue weighted by atomic mass is 32.2. The summed E-state index contributed by atoms with van der Waals surface area (Å²) in [5.41, 5.74) is 3.55. The first-order valence-corrected chi connectivity index (χ1v) is 18.2. The van der Waals surface area contributed by atoms with Gasteiger partial charge in [-0.3, -0.25) is 9.59 Å². The van der Waals surface area contributed by atoms with E-state index in [1.54, 1.807) is 18.0 Å². The average molecular weight is 687 g/mol. The fraction of sp³-hybridized carbons (Fsp3) is 0.600. The van der Waals surface area contributed by atoms with Gasteiger partial charge in [0.2, 0.25) is 21.8 Å². The molecule has 0 aliphatic heterocycles. The highest BCUT2D eigenvalue weighted by Gasteiger charge is 2.29. The minimum atomic E-state index is -3.74. The van der Waals surface area contributed by atoms with Crippen molar-refractivity contribution in [3.05, 3.63) is 47.5 Å². The lowest BCUT2D eigenvalue weighted by Crippen LogP contribution is -2.38. The second-order valence-electron chi connectivity index (χ2n) is 14.2. The predicted molar refractivity (Wildman–Crippen MR) is 190 cm³/mol. The van der Waals surface area contributed by atoms with Crippen LogP contribution < -0.4 is 10.2 Å². The molecular formula is C35H56N7O5S+. The van der Waals surface area contributed by atoms with E-state index in [2.05, 4.69) is 61.0 Å². The van der Waals surface area contributed by atoms with Crippen molar-refractivity contribution in [3.63, 3.8) is 0 Å². The molecule has 13 heteroatoms. The molecule has 3 atom stereocenters. The Morgan fingerprint density at radius 2 is 1.56 bits per heavy atom. The van der Waals surface area contributed by atoms with Gasteiger partial charge in [-0.05, 0) is 59.6 Å². The number of nitrogens with one attached hydrogen (secondary N) is 1. The minimum Gasteiger partial charge on any atom is -0.371 e. The molecule has 0 saturated heterocycles. The molecule has 0 radical (unpaired) electrons. The topological polar surface area (TPSA) is 129 Å². The molecule has 0 saturated carbocycles. The van der Waals surface area contributed by atoms with E-state index in [1.165, 1.54) is 25.7 Å². The minimum absolute atomic E-state index is 0.0211. The Hall–Kier alpha value is -3.55. The Labute approximate surface area is 287 Å². The van der Waals surface area contributed by atoms with Crippen LogP contribution in [0.15, 0.2) is 45.9 Å². The molecule has 3 aromatic rings. The first-order valence-electron chi connectivity index (χ1n) is 16.8. The van der Waals surface area contributed by atoms with Crippen molar-refractivity contribution in [2.75, 3.05) is 73.9 Å². The molecule has 12 nitrogen and oxygen atoms in total. The normalized spacial score (nSPS) is 14.1. The van der Waals surface area contributed by atoms with Crippen LogP contribution in [0.3, 0.4) is 0 Å². The molecule has 1 N–H and O–H groups in total. The van der Waals surface area contributed by atoms with Crippen molar-refractivity contribution in [1.29, 1.82) is 0 Å². The number of anilines is 1. The van der Waals surface area contributed by atoms with E-state index in [9.17, 15) is 18.0 Å². The van der Waals surface area contributed by atoms with Crippen LogP contribution in [0.4, 0.5) is 5.69 Å². The van der Waals surface area contributed by atoms with Crippen LogP contribution in [0.5, 0.6) is 0 Å². The number of rotatable bonds is 18. The highest BCUT2D eigenvalue weighted by Crippen LogP contribution is 2.33. The van der Waals surface area contributed by atoms with Gasteiger partial charge < -0.3 is 19.6 Å². The highest BCUT2D eigenvalue weighted by molar-refractivity contribution is 7.89. The molecule has 2 aromatic carbocycles. The van der Waals surface area contributed by atoms with Gasteiger partial charge in [0, 0.05) is 65.2 Å². The number of quaternary nitrogens is 1. The quantitative estimate of drug-likeness (QED) is 0.196. The molecule has 0 fully saturated rings. The second kappa shape index (κ2) is 16.7. The third kappa shape index (κ3) is 9.99.